The van der Waals surface area contributed by atoms with Crippen LogP contribution in [-0.4, -0.2) is 22.2 Å². The SMILES string of the molecule is CCCCCCC(CC)C(=O)O.CCCCCCCC(=O)O. The molecule has 0 spiro atoms. The van der Waals surface area contributed by atoms with Crippen molar-refractivity contribution in [1.29, 1.82) is 0 Å². The summed E-state index contributed by atoms with van der Waals surface area (Å²) in [7, 11) is 0. The van der Waals surface area contributed by atoms with Crippen molar-refractivity contribution >= 4 is 11.9 Å². The van der Waals surface area contributed by atoms with Gasteiger partial charge in [0.25, 0.3) is 0 Å². The molecule has 0 aromatic heterocycles. The molecule has 0 fully saturated rings. The highest BCUT2D eigenvalue weighted by Crippen LogP contribution is 2.14. The van der Waals surface area contributed by atoms with Crippen LogP contribution in [0.5, 0.6) is 0 Å². The quantitative estimate of drug-likeness (QED) is 0.440. The number of hydrogen-bond acceptors (Lipinski definition) is 2. The van der Waals surface area contributed by atoms with Crippen molar-refractivity contribution in [2.45, 2.75) is 97.8 Å². The minimum atomic E-state index is -0.670. The van der Waals surface area contributed by atoms with Gasteiger partial charge in [-0.15, -0.1) is 0 Å². The minimum Gasteiger partial charge on any atom is -0.481 e. The van der Waals surface area contributed by atoms with E-state index in [0.29, 0.717) is 6.42 Å². The molecule has 1 atom stereocenters. The fraction of sp³-hybridized carbons (Fsp3) is 0.889. The van der Waals surface area contributed by atoms with Crippen molar-refractivity contribution in [2.75, 3.05) is 0 Å². The van der Waals surface area contributed by atoms with Gasteiger partial charge in [0, 0.05) is 6.42 Å². The van der Waals surface area contributed by atoms with Gasteiger partial charge < -0.3 is 10.2 Å². The molecule has 0 radical (unpaired) electrons. The van der Waals surface area contributed by atoms with E-state index in [-0.39, 0.29) is 5.92 Å². The van der Waals surface area contributed by atoms with Crippen LogP contribution in [0, 0.1) is 5.92 Å². The third kappa shape index (κ3) is 18.9. The Morgan fingerprint density at radius 2 is 1.27 bits per heavy atom. The van der Waals surface area contributed by atoms with Crippen molar-refractivity contribution in [3.05, 3.63) is 0 Å². The summed E-state index contributed by atoms with van der Waals surface area (Å²) in [6.45, 7) is 6.25. The van der Waals surface area contributed by atoms with Crippen molar-refractivity contribution < 1.29 is 19.8 Å². The smallest absolute Gasteiger partial charge is 0.306 e. The van der Waals surface area contributed by atoms with Gasteiger partial charge >= 0.3 is 11.9 Å². The average Bonchev–Trinajstić information content (AvgIpc) is 2.47. The minimum absolute atomic E-state index is 0.109. The highest BCUT2D eigenvalue weighted by atomic mass is 16.4. The van der Waals surface area contributed by atoms with Crippen LogP contribution < -0.4 is 0 Å². The Kier molecular flexibility index (Phi) is 19.0. The molecule has 0 heterocycles. The first kappa shape index (κ1) is 23.2. The molecule has 0 saturated heterocycles. The summed E-state index contributed by atoms with van der Waals surface area (Å²) in [5.74, 6) is -1.41. The van der Waals surface area contributed by atoms with Crippen LogP contribution in [0.2, 0.25) is 0 Å². The van der Waals surface area contributed by atoms with E-state index in [2.05, 4.69) is 13.8 Å². The Morgan fingerprint density at radius 1 is 0.773 bits per heavy atom. The molecule has 132 valence electrons. The maximum absolute atomic E-state index is 10.6. The second-order valence-corrected chi connectivity index (χ2v) is 5.85. The van der Waals surface area contributed by atoms with Gasteiger partial charge in [0.05, 0.1) is 5.92 Å². The molecule has 22 heavy (non-hydrogen) atoms. The second kappa shape index (κ2) is 18.0. The Bertz CT molecular complexity index is 264. The lowest BCUT2D eigenvalue weighted by molar-refractivity contribution is -0.142. The van der Waals surface area contributed by atoms with Crippen molar-refractivity contribution in [3.63, 3.8) is 0 Å². The number of unbranched alkanes of at least 4 members (excludes halogenated alkanes) is 7. The fourth-order valence-electron chi connectivity index (χ4n) is 2.20. The van der Waals surface area contributed by atoms with E-state index < -0.39 is 11.9 Å². The summed E-state index contributed by atoms with van der Waals surface area (Å²) in [4.78, 5) is 20.6. The first-order valence-electron chi connectivity index (χ1n) is 8.94. The molecule has 0 rings (SSSR count). The molecule has 1 unspecified atom stereocenters. The summed E-state index contributed by atoms with van der Waals surface area (Å²) in [6.07, 6.45) is 12.2. The van der Waals surface area contributed by atoms with E-state index in [4.69, 9.17) is 10.2 Å². The highest BCUT2D eigenvalue weighted by molar-refractivity contribution is 5.69. The Morgan fingerprint density at radius 3 is 1.68 bits per heavy atom. The van der Waals surface area contributed by atoms with Gasteiger partial charge in [0.2, 0.25) is 0 Å². The number of rotatable bonds is 13. The lowest BCUT2D eigenvalue weighted by Crippen LogP contribution is -2.12. The molecule has 0 amide bonds. The van der Waals surface area contributed by atoms with Gasteiger partial charge in [-0.3, -0.25) is 9.59 Å². The van der Waals surface area contributed by atoms with Crippen LogP contribution in [-0.2, 0) is 9.59 Å². The summed E-state index contributed by atoms with van der Waals surface area (Å²) < 4.78 is 0. The lowest BCUT2D eigenvalue weighted by Gasteiger charge is -2.08. The van der Waals surface area contributed by atoms with Crippen molar-refractivity contribution in [1.82, 2.24) is 0 Å². The zero-order valence-electron chi connectivity index (χ0n) is 14.8. The summed E-state index contributed by atoms with van der Waals surface area (Å²) in [5, 5.41) is 17.0. The van der Waals surface area contributed by atoms with E-state index in [1.165, 1.54) is 38.5 Å². The Labute approximate surface area is 136 Å². The van der Waals surface area contributed by atoms with Gasteiger partial charge in [-0.05, 0) is 19.3 Å². The normalized spacial score (nSPS) is 11.4. The first-order valence-corrected chi connectivity index (χ1v) is 8.94. The molecule has 0 aliphatic carbocycles. The maximum atomic E-state index is 10.6. The van der Waals surface area contributed by atoms with Crippen LogP contribution in [0.4, 0.5) is 0 Å². The van der Waals surface area contributed by atoms with Crippen molar-refractivity contribution in [3.8, 4) is 0 Å². The summed E-state index contributed by atoms with van der Waals surface area (Å²) in [6, 6.07) is 0. The fourth-order valence-corrected chi connectivity index (χ4v) is 2.20. The predicted octanol–water partition coefficient (Wildman–Crippen LogP) is 5.50. The van der Waals surface area contributed by atoms with Crippen LogP contribution >= 0.6 is 0 Å². The lowest BCUT2D eigenvalue weighted by atomic mass is 9.99. The number of carboxylic acids is 2. The third-order valence-corrected chi connectivity index (χ3v) is 3.74. The first-order chi connectivity index (χ1) is 10.5. The molecule has 0 saturated carbocycles. The van der Waals surface area contributed by atoms with Gasteiger partial charge in [-0.1, -0.05) is 72.1 Å². The largest absolute Gasteiger partial charge is 0.481 e. The average molecular weight is 316 g/mol. The number of aliphatic carboxylic acids is 2. The number of hydrogen-bond donors (Lipinski definition) is 2. The Hall–Kier alpha value is -1.06. The molecule has 4 nitrogen and oxygen atoms in total. The molecule has 0 aliphatic heterocycles. The summed E-state index contributed by atoms with van der Waals surface area (Å²) in [5.41, 5.74) is 0. The van der Waals surface area contributed by atoms with E-state index in [1.807, 2.05) is 6.92 Å². The zero-order chi connectivity index (χ0) is 17.2. The van der Waals surface area contributed by atoms with Crippen LogP contribution in [0.25, 0.3) is 0 Å². The summed E-state index contributed by atoms with van der Waals surface area (Å²) >= 11 is 0. The van der Waals surface area contributed by atoms with E-state index in [0.717, 1.165) is 32.1 Å². The highest BCUT2D eigenvalue weighted by Gasteiger charge is 2.13. The van der Waals surface area contributed by atoms with Gasteiger partial charge in [0.15, 0.2) is 0 Å². The maximum Gasteiger partial charge on any atom is 0.306 e. The van der Waals surface area contributed by atoms with Crippen LogP contribution in [0.15, 0.2) is 0 Å². The molecule has 2 N–H and O–H groups in total. The molecular formula is C18H36O4. The molecule has 4 heteroatoms. The van der Waals surface area contributed by atoms with Crippen molar-refractivity contribution in [2.24, 2.45) is 5.92 Å². The number of carboxylic acid groups (broad SMARTS) is 2. The predicted molar refractivity (Wildman–Crippen MR) is 91.2 cm³/mol. The molecule has 0 aromatic rings. The monoisotopic (exact) mass is 316 g/mol. The van der Waals surface area contributed by atoms with Gasteiger partial charge in [-0.25, -0.2) is 0 Å². The Balaban J connectivity index is 0. The molecular weight excluding hydrogens is 280 g/mol. The van der Waals surface area contributed by atoms with E-state index >= 15 is 0 Å². The van der Waals surface area contributed by atoms with Gasteiger partial charge in [-0.2, -0.15) is 0 Å². The molecule has 0 bridgehead atoms. The second-order valence-electron chi connectivity index (χ2n) is 5.85. The standard InChI is InChI=1S/C10H20O2.C8H16O2/c1-3-5-6-7-8-9(4-2)10(11)12;1-2-3-4-5-6-7-8(9)10/h9H,3-8H2,1-2H3,(H,11,12);2-7H2,1H3,(H,9,10). The van der Waals surface area contributed by atoms with E-state index in [9.17, 15) is 9.59 Å². The zero-order valence-corrected chi connectivity index (χ0v) is 14.8. The van der Waals surface area contributed by atoms with E-state index in [1.54, 1.807) is 0 Å². The molecule has 0 aromatic carbocycles. The third-order valence-electron chi connectivity index (χ3n) is 3.74. The topological polar surface area (TPSA) is 74.6 Å². The number of carbonyl (C=O) groups is 2. The van der Waals surface area contributed by atoms with Crippen LogP contribution in [0.1, 0.15) is 97.8 Å². The van der Waals surface area contributed by atoms with Gasteiger partial charge in [0.1, 0.15) is 0 Å². The molecule has 0 aliphatic rings. The van der Waals surface area contributed by atoms with Crippen LogP contribution in [0.3, 0.4) is 0 Å².